The maximum Gasteiger partial charge on any atom is 0.412 e. The molecule has 0 spiro atoms. The molecule has 7 nitrogen and oxygen atoms in total. The van der Waals surface area contributed by atoms with Crippen LogP contribution in [0.15, 0.2) is 60.7 Å². The monoisotopic (exact) mass is 383 g/mol. The van der Waals surface area contributed by atoms with Crippen molar-refractivity contribution in [2.45, 2.75) is 20.0 Å². The van der Waals surface area contributed by atoms with E-state index in [0.717, 1.165) is 6.08 Å². The molecule has 0 aliphatic heterocycles. The summed E-state index contributed by atoms with van der Waals surface area (Å²) in [4.78, 5) is 34.4. The van der Waals surface area contributed by atoms with Crippen molar-refractivity contribution < 1.29 is 29.3 Å². The van der Waals surface area contributed by atoms with E-state index in [-0.39, 0.29) is 11.5 Å². The summed E-state index contributed by atoms with van der Waals surface area (Å²) in [6, 6.07) is 12.5. The third-order valence-electron chi connectivity index (χ3n) is 4.01. The van der Waals surface area contributed by atoms with Crippen LogP contribution in [0, 0.1) is 5.92 Å². The number of ether oxygens (including phenoxy) is 1. The Morgan fingerprint density at radius 2 is 1.64 bits per heavy atom. The largest absolute Gasteiger partial charge is 0.508 e. The summed E-state index contributed by atoms with van der Waals surface area (Å²) in [5, 5.41) is 20.9. The number of carbonyl (C=O) groups is 3. The first kappa shape index (κ1) is 20.7. The molecule has 0 bridgehead atoms. The number of ketones is 1. The Hall–Kier alpha value is -3.61. The summed E-state index contributed by atoms with van der Waals surface area (Å²) >= 11 is 0. The number of hydrogen-bond acceptors (Lipinski definition) is 5. The third-order valence-corrected chi connectivity index (χ3v) is 4.01. The molecule has 2 aromatic carbocycles. The molecule has 146 valence electrons. The van der Waals surface area contributed by atoms with Crippen LogP contribution >= 0.6 is 0 Å². The fourth-order valence-electron chi connectivity index (χ4n) is 2.53. The van der Waals surface area contributed by atoms with Crippen molar-refractivity contribution in [2.75, 3.05) is 5.32 Å². The van der Waals surface area contributed by atoms with Gasteiger partial charge in [0.05, 0.1) is 0 Å². The molecule has 0 unspecified atom stereocenters. The zero-order valence-corrected chi connectivity index (χ0v) is 15.5. The number of phenolic OH excluding ortho intramolecular Hbond substituents is 1. The molecule has 0 saturated carbocycles. The lowest BCUT2D eigenvalue weighted by Crippen LogP contribution is -2.21. The Labute approximate surface area is 162 Å². The van der Waals surface area contributed by atoms with Gasteiger partial charge in [0.2, 0.25) is 0 Å². The molecule has 2 aromatic rings. The quantitative estimate of drug-likeness (QED) is 0.489. The summed E-state index contributed by atoms with van der Waals surface area (Å²) in [6.07, 6.45) is 0.908. The predicted octanol–water partition coefficient (Wildman–Crippen LogP) is 4.16. The van der Waals surface area contributed by atoms with Gasteiger partial charge in [-0.2, -0.15) is 0 Å². The third kappa shape index (κ3) is 5.98. The Balaban J connectivity index is 2.16. The molecule has 0 aromatic heterocycles. The van der Waals surface area contributed by atoms with Crippen LogP contribution in [-0.4, -0.2) is 28.1 Å². The molecule has 2 rings (SSSR count). The standard InChI is InChI=1S/C21H21NO6/c1-13(3-12-19(25)26)20(16-6-10-18(24)11-7-16)28-21(27)22-17-8-4-15(5-9-17)14(2)23/h3-13,20,24H,1-2H3,(H,22,27)(H,25,26)/b12-3+/t13-,20-/m1/s1. The van der Waals surface area contributed by atoms with Crippen molar-refractivity contribution >= 4 is 23.5 Å². The summed E-state index contributed by atoms with van der Waals surface area (Å²) < 4.78 is 5.51. The maximum absolute atomic E-state index is 12.3. The van der Waals surface area contributed by atoms with Gasteiger partial charge in [-0.25, -0.2) is 9.59 Å². The van der Waals surface area contributed by atoms with Gasteiger partial charge in [0.25, 0.3) is 0 Å². The van der Waals surface area contributed by atoms with Gasteiger partial charge in [-0.15, -0.1) is 0 Å². The van der Waals surface area contributed by atoms with Crippen molar-refractivity contribution in [1.82, 2.24) is 0 Å². The van der Waals surface area contributed by atoms with Gasteiger partial charge in [0.1, 0.15) is 11.9 Å². The number of carbonyl (C=O) groups excluding carboxylic acids is 2. The van der Waals surface area contributed by atoms with Gasteiger partial charge in [0.15, 0.2) is 5.78 Å². The Morgan fingerprint density at radius 1 is 1.04 bits per heavy atom. The minimum atomic E-state index is -1.11. The predicted molar refractivity (Wildman–Crippen MR) is 103 cm³/mol. The molecule has 0 heterocycles. The van der Waals surface area contributed by atoms with Crippen molar-refractivity contribution in [1.29, 1.82) is 0 Å². The Morgan fingerprint density at radius 3 is 2.18 bits per heavy atom. The van der Waals surface area contributed by atoms with Gasteiger partial charge >= 0.3 is 12.1 Å². The second-order valence-electron chi connectivity index (χ2n) is 6.23. The lowest BCUT2D eigenvalue weighted by atomic mass is 9.96. The molecule has 3 N–H and O–H groups in total. The highest BCUT2D eigenvalue weighted by molar-refractivity contribution is 5.95. The fraction of sp³-hybridized carbons (Fsp3) is 0.190. The van der Waals surface area contributed by atoms with Crippen LogP contribution in [0.4, 0.5) is 10.5 Å². The Kier molecular flexibility index (Phi) is 6.92. The highest BCUT2D eigenvalue weighted by Crippen LogP contribution is 2.29. The normalized spacial score (nSPS) is 12.9. The number of anilines is 1. The van der Waals surface area contributed by atoms with Crippen molar-refractivity contribution in [2.24, 2.45) is 5.92 Å². The lowest BCUT2D eigenvalue weighted by molar-refractivity contribution is -0.131. The topological polar surface area (TPSA) is 113 Å². The molecule has 1 amide bonds. The van der Waals surface area contributed by atoms with E-state index in [9.17, 15) is 19.5 Å². The summed E-state index contributed by atoms with van der Waals surface area (Å²) in [5.41, 5.74) is 1.57. The number of benzene rings is 2. The second kappa shape index (κ2) is 9.36. The van der Waals surface area contributed by atoms with Crippen LogP contribution in [0.5, 0.6) is 5.75 Å². The minimum absolute atomic E-state index is 0.0613. The van der Waals surface area contributed by atoms with Gasteiger partial charge in [0, 0.05) is 23.2 Å². The van der Waals surface area contributed by atoms with Crippen molar-refractivity contribution in [3.63, 3.8) is 0 Å². The fourth-order valence-corrected chi connectivity index (χ4v) is 2.53. The minimum Gasteiger partial charge on any atom is -0.508 e. The van der Waals surface area contributed by atoms with Gasteiger partial charge in [-0.3, -0.25) is 10.1 Å². The smallest absolute Gasteiger partial charge is 0.412 e. The molecule has 0 radical (unpaired) electrons. The van der Waals surface area contributed by atoms with E-state index in [1.54, 1.807) is 43.3 Å². The van der Waals surface area contributed by atoms with Crippen LogP contribution in [0.2, 0.25) is 0 Å². The number of hydrogen-bond donors (Lipinski definition) is 3. The van der Waals surface area contributed by atoms with Crippen LogP contribution in [0.25, 0.3) is 0 Å². The molecular formula is C21H21NO6. The first-order chi connectivity index (χ1) is 13.3. The van der Waals surface area contributed by atoms with E-state index in [0.29, 0.717) is 16.8 Å². The molecule has 0 fully saturated rings. The van der Waals surface area contributed by atoms with E-state index in [2.05, 4.69) is 5.32 Å². The van der Waals surface area contributed by atoms with Crippen molar-refractivity contribution in [3.05, 3.63) is 71.8 Å². The number of aliphatic carboxylic acids is 1. The number of carboxylic acids is 1. The van der Waals surface area contributed by atoms with Crippen LogP contribution < -0.4 is 5.32 Å². The molecule has 0 aliphatic rings. The number of amides is 1. The van der Waals surface area contributed by atoms with Crippen molar-refractivity contribution in [3.8, 4) is 5.75 Å². The zero-order chi connectivity index (χ0) is 20.7. The number of Topliss-reactive ketones (excluding diaryl/α,β-unsaturated/α-hetero) is 1. The first-order valence-electron chi connectivity index (χ1n) is 8.55. The maximum atomic E-state index is 12.3. The number of carboxylic acid groups (broad SMARTS) is 1. The van der Waals surface area contributed by atoms with Gasteiger partial charge < -0.3 is 14.9 Å². The Bertz CT molecular complexity index is 871. The summed E-state index contributed by atoms with van der Waals surface area (Å²) in [6.45, 7) is 3.16. The highest BCUT2D eigenvalue weighted by Gasteiger charge is 2.22. The number of nitrogens with one attached hydrogen (secondary N) is 1. The van der Waals surface area contributed by atoms with E-state index in [4.69, 9.17) is 9.84 Å². The number of phenols is 1. The van der Waals surface area contributed by atoms with Gasteiger partial charge in [-0.1, -0.05) is 25.1 Å². The second-order valence-corrected chi connectivity index (χ2v) is 6.23. The van der Waals surface area contributed by atoms with E-state index in [1.165, 1.54) is 25.1 Å². The van der Waals surface area contributed by atoms with Crippen LogP contribution in [0.1, 0.15) is 35.9 Å². The molecule has 0 saturated heterocycles. The highest BCUT2D eigenvalue weighted by atomic mass is 16.6. The zero-order valence-electron chi connectivity index (χ0n) is 15.5. The summed E-state index contributed by atoms with van der Waals surface area (Å²) in [5.74, 6) is -1.57. The van der Waals surface area contributed by atoms with E-state index < -0.39 is 24.1 Å². The first-order valence-corrected chi connectivity index (χ1v) is 8.55. The van der Waals surface area contributed by atoms with Crippen LogP contribution in [-0.2, 0) is 9.53 Å². The average Bonchev–Trinajstić information content (AvgIpc) is 2.65. The average molecular weight is 383 g/mol. The summed E-state index contributed by atoms with van der Waals surface area (Å²) in [7, 11) is 0. The number of aromatic hydroxyl groups is 1. The molecule has 0 aliphatic carbocycles. The van der Waals surface area contributed by atoms with E-state index in [1.807, 2.05) is 0 Å². The van der Waals surface area contributed by atoms with Crippen LogP contribution in [0.3, 0.4) is 0 Å². The molecule has 2 atom stereocenters. The van der Waals surface area contributed by atoms with E-state index >= 15 is 0 Å². The SMILES string of the molecule is CC(=O)c1ccc(NC(=O)O[C@@H](c2ccc(O)cc2)[C@H](C)/C=C/C(=O)O)cc1. The molecular weight excluding hydrogens is 362 g/mol. The molecule has 28 heavy (non-hydrogen) atoms. The number of rotatable bonds is 7. The lowest BCUT2D eigenvalue weighted by Gasteiger charge is -2.22. The van der Waals surface area contributed by atoms with Gasteiger partial charge in [-0.05, 0) is 48.9 Å². The molecule has 7 heteroatoms.